The average molecular weight is 488 g/mol. The second-order valence-corrected chi connectivity index (χ2v) is 11.3. The van der Waals surface area contributed by atoms with Gasteiger partial charge in [0.15, 0.2) is 0 Å². The first kappa shape index (κ1) is 22.7. The van der Waals surface area contributed by atoms with E-state index in [9.17, 15) is 0 Å². The molecule has 1 heterocycles. The number of benzene rings is 6. The van der Waals surface area contributed by atoms with Crippen molar-refractivity contribution in [3.05, 3.63) is 127 Å². The highest BCUT2D eigenvalue weighted by atomic mass is 14.7. The fraction of sp³-hybridized carbons (Fsp3) is 0.108. The summed E-state index contributed by atoms with van der Waals surface area (Å²) in [5, 5.41) is 7.81. The van der Waals surface area contributed by atoms with Gasteiger partial charge in [0.05, 0.1) is 5.69 Å². The van der Waals surface area contributed by atoms with E-state index in [0.717, 1.165) is 5.69 Å². The molecule has 7 rings (SSSR count). The summed E-state index contributed by atoms with van der Waals surface area (Å²) in [6, 6.07) is 42.0. The lowest BCUT2D eigenvalue weighted by Gasteiger charge is -2.22. The maximum Gasteiger partial charge on any atom is 0.0708 e. The van der Waals surface area contributed by atoms with Gasteiger partial charge >= 0.3 is 0 Å². The first-order valence-corrected chi connectivity index (χ1v) is 13.3. The Bertz CT molecular complexity index is 1890. The largest absolute Gasteiger partial charge is 0.256 e. The minimum absolute atomic E-state index is 0.0925. The molecule has 6 aromatic carbocycles. The Morgan fingerprint density at radius 1 is 0.500 bits per heavy atom. The summed E-state index contributed by atoms with van der Waals surface area (Å²) in [6.07, 6.45) is 1.89. The van der Waals surface area contributed by atoms with Crippen LogP contribution in [0.3, 0.4) is 0 Å². The van der Waals surface area contributed by atoms with Crippen molar-refractivity contribution >= 4 is 32.3 Å². The van der Waals surface area contributed by atoms with Gasteiger partial charge in [-0.3, -0.25) is 4.98 Å². The van der Waals surface area contributed by atoms with Crippen LogP contribution in [0.2, 0.25) is 0 Å². The van der Waals surface area contributed by atoms with Crippen LogP contribution in [0.25, 0.3) is 65.8 Å². The Morgan fingerprint density at radius 2 is 1.11 bits per heavy atom. The van der Waals surface area contributed by atoms with Crippen LogP contribution in [0.15, 0.2) is 121 Å². The van der Waals surface area contributed by atoms with Crippen molar-refractivity contribution in [1.29, 1.82) is 0 Å². The van der Waals surface area contributed by atoms with E-state index < -0.39 is 0 Å². The second-order valence-electron chi connectivity index (χ2n) is 11.3. The molecule has 1 nitrogen and oxygen atoms in total. The monoisotopic (exact) mass is 487 g/mol. The summed E-state index contributed by atoms with van der Waals surface area (Å²) in [5.41, 5.74) is 8.56. The highest BCUT2D eigenvalue weighted by Gasteiger charge is 2.20. The van der Waals surface area contributed by atoms with Gasteiger partial charge in [0.2, 0.25) is 0 Å². The predicted molar refractivity (Wildman–Crippen MR) is 163 cm³/mol. The molecule has 0 bridgehead atoms. The third-order valence-corrected chi connectivity index (χ3v) is 7.83. The summed E-state index contributed by atoms with van der Waals surface area (Å²) in [7, 11) is 0. The van der Waals surface area contributed by atoms with Crippen LogP contribution in [0.1, 0.15) is 26.3 Å². The van der Waals surface area contributed by atoms with Crippen molar-refractivity contribution in [2.24, 2.45) is 0 Å². The van der Waals surface area contributed by atoms with E-state index in [1.54, 1.807) is 0 Å². The summed E-state index contributed by atoms with van der Waals surface area (Å²) in [5.74, 6) is 0. The number of aromatic nitrogens is 1. The fourth-order valence-electron chi connectivity index (χ4n) is 5.79. The molecule has 0 fully saturated rings. The molecule has 0 N–H and O–H groups in total. The molecule has 0 aliphatic rings. The van der Waals surface area contributed by atoms with E-state index in [2.05, 4.69) is 130 Å². The lowest BCUT2D eigenvalue weighted by Crippen LogP contribution is -2.10. The Balaban J connectivity index is 1.53. The Kier molecular flexibility index (Phi) is 5.09. The lowest BCUT2D eigenvalue weighted by atomic mass is 9.82. The van der Waals surface area contributed by atoms with Crippen molar-refractivity contribution in [2.75, 3.05) is 0 Å². The van der Waals surface area contributed by atoms with Crippen molar-refractivity contribution in [3.63, 3.8) is 0 Å². The van der Waals surface area contributed by atoms with Gasteiger partial charge in [-0.1, -0.05) is 118 Å². The van der Waals surface area contributed by atoms with Crippen LogP contribution in [0.4, 0.5) is 0 Å². The Morgan fingerprint density at radius 3 is 1.74 bits per heavy atom. The Labute approximate surface area is 223 Å². The minimum atomic E-state index is 0.0925. The second kappa shape index (κ2) is 8.53. The quantitative estimate of drug-likeness (QED) is 0.226. The standard InChI is InChI=1S/C37H29N/c1-37(2,3)29-21-27-16-18-30-32(26-14-12-25(13-15-26)24-9-5-4-6-10-24)23-33(34-11-7-8-20-38-34)31-19-17-28(22-29)35(27)36(30)31/h4-23H,1-3H3. The predicted octanol–water partition coefficient (Wildman–Crippen LogP) is 10.3. The number of nitrogens with zero attached hydrogens (tertiary/aromatic N) is 1. The summed E-state index contributed by atoms with van der Waals surface area (Å²) in [6.45, 7) is 6.86. The molecular formula is C37H29N. The van der Waals surface area contributed by atoms with Crippen LogP contribution in [0.5, 0.6) is 0 Å². The van der Waals surface area contributed by atoms with E-state index in [-0.39, 0.29) is 5.41 Å². The van der Waals surface area contributed by atoms with Gasteiger partial charge in [-0.25, -0.2) is 0 Å². The zero-order valence-electron chi connectivity index (χ0n) is 22.0. The zero-order valence-corrected chi connectivity index (χ0v) is 22.0. The molecule has 7 aromatic rings. The molecule has 1 aromatic heterocycles. The number of rotatable bonds is 3. The van der Waals surface area contributed by atoms with Crippen LogP contribution in [-0.2, 0) is 5.41 Å². The topological polar surface area (TPSA) is 12.9 Å². The molecule has 0 aliphatic heterocycles. The van der Waals surface area contributed by atoms with Gasteiger partial charge in [0, 0.05) is 11.8 Å². The van der Waals surface area contributed by atoms with Gasteiger partial charge in [0.1, 0.15) is 0 Å². The van der Waals surface area contributed by atoms with Crippen LogP contribution >= 0.6 is 0 Å². The normalized spacial score (nSPS) is 12.1. The molecule has 182 valence electrons. The maximum atomic E-state index is 4.77. The van der Waals surface area contributed by atoms with E-state index in [4.69, 9.17) is 4.98 Å². The van der Waals surface area contributed by atoms with Crippen molar-refractivity contribution in [1.82, 2.24) is 4.98 Å². The minimum Gasteiger partial charge on any atom is -0.256 e. The molecule has 1 heteroatoms. The molecule has 0 atom stereocenters. The fourth-order valence-corrected chi connectivity index (χ4v) is 5.79. The third-order valence-electron chi connectivity index (χ3n) is 7.83. The average Bonchev–Trinajstić information content (AvgIpc) is 2.96. The molecule has 0 aliphatic carbocycles. The molecule has 0 unspecified atom stereocenters. The SMILES string of the molecule is CC(C)(C)c1cc2ccc3c(-c4ccc(-c5ccccc5)cc4)cc(-c4ccccn4)c4ccc(c1)c2c34. The van der Waals surface area contributed by atoms with Crippen molar-refractivity contribution < 1.29 is 0 Å². The maximum absolute atomic E-state index is 4.77. The molecule has 0 amide bonds. The lowest BCUT2D eigenvalue weighted by molar-refractivity contribution is 0.591. The van der Waals surface area contributed by atoms with E-state index >= 15 is 0 Å². The molecule has 0 saturated heterocycles. The third kappa shape index (κ3) is 3.66. The molecular weight excluding hydrogens is 458 g/mol. The number of hydrogen-bond acceptors (Lipinski definition) is 1. The zero-order chi connectivity index (χ0) is 25.9. The smallest absolute Gasteiger partial charge is 0.0708 e. The van der Waals surface area contributed by atoms with Gasteiger partial charge in [-0.05, 0) is 83.7 Å². The first-order chi connectivity index (χ1) is 18.5. The van der Waals surface area contributed by atoms with Gasteiger partial charge in [0.25, 0.3) is 0 Å². The van der Waals surface area contributed by atoms with Gasteiger partial charge in [-0.2, -0.15) is 0 Å². The summed E-state index contributed by atoms with van der Waals surface area (Å²) < 4.78 is 0. The first-order valence-electron chi connectivity index (χ1n) is 13.3. The molecule has 0 saturated carbocycles. The molecule has 0 spiro atoms. The molecule has 0 radical (unpaired) electrons. The van der Waals surface area contributed by atoms with E-state index in [1.165, 1.54) is 65.7 Å². The number of hydrogen-bond donors (Lipinski definition) is 0. The van der Waals surface area contributed by atoms with E-state index in [1.807, 2.05) is 12.3 Å². The summed E-state index contributed by atoms with van der Waals surface area (Å²) in [4.78, 5) is 4.77. The van der Waals surface area contributed by atoms with Crippen molar-refractivity contribution in [3.8, 4) is 33.5 Å². The van der Waals surface area contributed by atoms with Gasteiger partial charge < -0.3 is 0 Å². The van der Waals surface area contributed by atoms with E-state index in [0.29, 0.717) is 0 Å². The van der Waals surface area contributed by atoms with Crippen LogP contribution < -0.4 is 0 Å². The summed E-state index contributed by atoms with van der Waals surface area (Å²) >= 11 is 0. The molecule has 38 heavy (non-hydrogen) atoms. The van der Waals surface area contributed by atoms with Crippen molar-refractivity contribution in [2.45, 2.75) is 26.2 Å². The van der Waals surface area contributed by atoms with Gasteiger partial charge in [-0.15, -0.1) is 0 Å². The van der Waals surface area contributed by atoms with Crippen LogP contribution in [0, 0.1) is 0 Å². The Hall–Kier alpha value is -4.49. The van der Waals surface area contributed by atoms with Crippen LogP contribution in [-0.4, -0.2) is 4.98 Å². The highest BCUT2D eigenvalue weighted by molar-refractivity contribution is 6.28. The number of pyridine rings is 1. The highest BCUT2D eigenvalue weighted by Crippen LogP contribution is 2.44.